The Labute approximate surface area is 112 Å². The van der Waals surface area contributed by atoms with Crippen molar-refractivity contribution in [1.29, 1.82) is 0 Å². The smallest absolute Gasteiger partial charge is 0.323 e. The summed E-state index contributed by atoms with van der Waals surface area (Å²) in [6, 6.07) is -0.402. The standard InChI is InChI=1S/C12H21N3O4/c1-3-6-13-10(16)7-14(2)12(19)15(8-11(17)18)9-4-5-9/h9H,3-8H2,1-2H3,(H,13,16)(H,17,18). The van der Waals surface area contributed by atoms with Gasteiger partial charge in [-0.15, -0.1) is 0 Å². The molecule has 19 heavy (non-hydrogen) atoms. The van der Waals surface area contributed by atoms with Gasteiger partial charge in [-0.05, 0) is 19.3 Å². The van der Waals surface area contributed by atoms with E-state index in [9.17, 15) is 14.4 Å². The van der Waals surface area contributed by atoms with Crippen LogP contribution in [0.15, 0.2) is 0 Å². The largest absolute Gasteiger partial charge is 0.480 e. The van der Waals surface area contributed by atoms with Crippen LogP contribution in [0.1, 0.15) is 26.2 Å². The number of carboxylic acids is 1. The van der Waals surface area contributed by atoms with E-state index in [4.69, 9.17) is 5.11 Å². The molecule has 0 aromatic rings. The van der Waals surface area contributed by atoms with Gasteiger partial charge in [0.1, 0.15) is 13.1 Å². The van der Waals surface area contributed by atoms with Gasteiger partial charge in [-0.1, -0.05) is 6.92 Å². The molecule has 0 aliphatic heterocycles. The fourth-order valence-corrected chi connectivity index (χ4v) is 1.71. The molecule has 0 bridgehead atoms. The van der Waals surface area contributed by atoms with E-state index in [-0.39, 0.29) is 25.0 Å². The molecule has 0 aromatic heterocycles. The van der Waals surface area contributed by atoms with Crippen LogP contribution < -0.4 is 5.32 Å². The van der Waals surface area contributed by atoms with Crippen LogP contribution in [-0.4, -0.2) is 65.5 Å². The third-order valence-electron chi connectivity index (χ3n) is 2.82. The molecule has 0 unspecified atom stereocenters. The number of nitrogens with zero attached hydrogens (tertiary/aromatic N) is 2. The Morgan fingerprint density at radius 3 is 2.37 bits per heavy atom. The van der Waals surface area contributed by atoms with Crippen molar-refractivity contribution in [3.05, 3.63) is 0 Å². The maximum Gasteiger partial charge on any atom is 0.323 e. The zero-order valence-corrected chi connectivity index (χ0v) is 11.4. The van der Waals surface area contributed by atoms with E-state index >= 15 is 0 Å². The van der Waals surface area contributed by atoms with Gasteiger partial charge in [0.05, 0.1) is 0 Å². The number of urea groups is 1. The number of hydrogen-bond donors (Lipinski definition) is 2. The first kappa shape index (κ1) is 15.3. The quantitative estimate of drug-likeness (QED) is 0.688. The average molecular weight is 271 g/mol. The Kier molecular flexibility index (Phi) is 5.59. The molecule has 7 nitrogen and oxygen atoms in total. The molecule has 1 aliphatic rings. The Balaban J connectivity index is 2.48. The number of hydrogen-bond acceptors (Lipinski definition) is 3. The Morgan fingerprint density at radius 1 is 1.26 bits per heavy atom. The monoisotopic (exact) mass is 271 g/mol. The minimum Gasteiger partial charge on any atom is -0.480 e. The van der Waals surface area contributed by atoms with Gasteiger partial charge in [0.2, 0.25) is 5.91 Å². The zero-order valence-electron chi connectivity index (χ0n) is 11.4. The number of carbonyl (C=O) groups is 3. The third kappa shape index (κ3) is 5.15. The van der Waals surface area contributed by atoms with Crippen LogP contribution in [0.2, 0.25) is 0 Å². The summed E-state index contributed by atoms with van der Waals surface area (Å²) < 4.78 is 0. The van der Waals surface area contributed by atoms with Gasteiger partial charge in [0.25, 0.3) is 0 Å². The normalized spacial score (nSPS) is 13.8. The Morgan fingerprint density at radius 2 is 1.89 bits per heavy atom. The molecule has 0 spiro atoms. The summed E-state index contributed by atoms with van der Waals surface area (Å²) >= 11 is 0. The summed E-state index contributed by atoms with van der Waals surface area (Å²) in [7, 11) is 1.51. The topological polar surface area (TPSA) is 90.0 Å². The molecule has 3 amide bonds. The molecule has 0 saturated heterocycles. The van der Waals surface area contributed by atoms with Crippen molar-refractivity contribution in [3.63, 3.8) is 0 Å². The predicted molar refractivity (Wildman–Crippen MR) is 68.7 cm³/mol. The Hall–Kier alpha value is -1.79. The third-order valence-corrected chi connectivity index (χ3v) is 2.82. The molecule has 0 radical (unpaired) electrons. The summed E-state index contributed by atoms with van der Waals surface area (Å²) in [5, 5.41) is 11.5. The molecule has 1 saturated carbocycles. The first-order valence-electron chi connectivity index (χ1n) is 6.46. The number of rotatable bonds is 7. The van der Waals surface area contributed by atoms with E-state index in [1.54, 1.807) is 0 Å². The van der Waals surface area contributed by atoms with Crippen molar-refractivity contribution in [3.8, 4) is 0 Å². The molecular formula is C12H21N3O4. The lowest BCUT2D eigenvalue weighted by molar-refractivity contribution is -0.137. The van der Waals surface area contributed by atoms with Gasteiger partial charge in [0, 0.05) is 19.6 Å². The van der Waals surface area contributed by atoms with E-state index in [0.29, 0.717) is 6.54 Å². The first-order chi connectivity index (χ1) is 8.95. The van der Waals surface area contributed by atoms with Crippen molar-refractivity contribution < 1.29 is 19.5 Å². The van der Waals surface area contributed by atoms with E-state index in [1.165, 1.54) is 16.8 Å². The van der Waals surface area contributed by atoms with Crippen LogP contribution in [0.4, 0.5) is 4.79 Å². The number of carbonyl (C=O) groups excluding carboxylic acids is 2. The van der Waals surface area contributed by atoms with E-state index in [1.807, 2.05) is 6.92 Å². The predicted octanol–water partition coefficient (Wildman–Crippen LogP) is 0.113. The second-order valence-electron chi connectivity index (χ2n) is 4.74. The summed E-state index contributed by atoms with van der Waals surface area (Å²) in [4.78, 5) is 36.9. The molecule has 1 aliphatic carbocycles. The van der Waals surface area contributed by atoms with Crippen LogP contribution in [0.5, 0.6) is 0 Å². The number of likely N-dealkylation sites (N-methyl/N-ethyl adjacent to an activating group) is 1. The molecule has 0 heterocycles. The van der Waals surface area contributed by atoms with Crippen molar-refractivity contribution in [2.75, 3.05) is 26.7 Å². The highest BCUT2D eigenvalue weighted by molar-refractivity contribution is 5.85. The molecule has 0 aromatic carbocycles. The maximum atomic E-state index is 12.1. The van der Waals surface area contributed by atoms with Gasteiger partial charge in [-0.3, -0.25) is 9.59 Å². The molecular weight excluding hydrogens is 250 g/mol. The first-order valence-corrected chi connectivity index (χ1v) is 6.46. The molecule has 1 rings (SSSR count). The fraction of sp³-hybridized carbons (Fsp3) is 0.750. The number of amides is 3. The summed E-state index contributed by atoms with van der Waals surface area (Å²) in [6.45, 7) is 2.14. The van der Waals surface area contributed by atoms with Gasteiger partial charge < -0.3 is 20.2 Å². The van der Waals surface area contributed by atoms with Gasteiger partial charge >= 0.3 is 12.0 Å². The zero-order chi connectivity index (χ0) is 14.4. The Bertz CT molecular complexity index is 355. The number of nitrogens with one attached hydrogen (secondary N) is 1. The van der Waals surface area contributed by atoms with Crippen LogP contribution in [0.25, 0.3) is 0 Å². The van der Waals surface area contributed by atoms with Crippen LogP contribution >= 0.6 is 0 Å². The van der Waals surface area contributed by atoms with Crippen molar-refractivity contribution in [2.45, 2.75) is 32.2 Å². The van der Waals surface area contributed by atoms with E-state index in [0.717, 1.165) is 19.3 Å². The van der Waals surface area contributed by atoms with Crippen LogP contribution in [-0.2, 0) is 9.59 Å². The molecule has 108 valence electrons. The summed E-state index contributed by atoms with van der Waals surface area (Å²) in [5.41, 5.74) is 0. The minimum absolute atomic E-state index is 0.00440. The van der Waals surface area contributed by atoms with E-state index in [2.05, 4.69) is 5.32 Å². The lowest BCUT2D eigenvalue weighted by Crippen LogP contribution is -2.48. The number of carboxylic acid groups (broad SMARTS) is 1. The summed E-state index contributed by atoms with van der Waals surface area (Å²) in [5.74, 6) is -1.27. The molecule has 2 N–H and O–H groups in total. The van der Waals surface area contributed by atoms with Gasteiger partial charge in [0.15, 0.2) is 0 Å². The van der Waals surface area contributed by atoms with Gasteiger partial charge in [-0.25, -0.2) is 4.79 Å². The molecule has 1 fully saturated rings. The lowest BCUT2D eigenvalue weighted by Gasteiger charge is -2.26. The second kappa shape index (κ2) is 6.96. The maximum absolute atomic E-state index is 12.1. The number of aliphatic carboxylic acids is 1. The van der Waals surface area contributed by atoms with Crippen molar-refractivity contribution >= 4 is 17.9 Å². The SMILES string of the molecule is CCCNC(=O)CN(C)C(=O)N(CC(=O)O)C1CC1. The van der Waals surface area contributed by atoms with E-state index < -0.39 is 12.0 Å². The van der Waals surface area contributed by atoms with Crippen LogP contribution in [0, 0.1) is 0 Å². The van der Waals surface area contributed by atoms with Crippen molar-refractivity contribution in [1.82, 2.24) is 15.1 Å². The molecule has 7 heteroatoms. The lowest BCUT2D eigenvalue weighted by atomic mass is 10.4. The molecule has 0 atom stereocenters. The highest BCUT2D eigenvalue weighted by atomic mass is 16.4. The highest BCUT2D eigenvalue weighted by Crippen LogP contribution is 2.27. The summed E-state index contributed by atoms with van der Waals surface area (Å²) in [6.07, 6.45) is 2.49. The van der Waals surface area contributed by atoms with Crippen molar-refractivity contribution in [2.24, 2.45) is 0 Å². The second-order valence-corrected chi connectivity index (χ2v) is 4.74. The van der Waals surface area contributed by atoms with Crippen LogP contribution in [0.3, 0.4) is 0 Å². The minimum atomic E-state index is -1.04. The van der Waals surface area contributed by atoms with Gasteiger partial charge in [-0.2, -0.15) is 0 Å². The fourth-order valence-electron chi connectivity index (χ4n) is 1.71. The highest BCUT2D eigenvalue weighted by Gasteiger charge is 2.35. The average Bonchev–Trinajstić information content (AvgIpc) is 3.16.